The molecule has 19 heteroatoms. The number of aliphatic hydroxyl groups excluding tert-OH is 1. The lowest BCUT2D eigenvalue weighted by atomic mass is 10.1. The number of phosphoric acid groups is 2. The third-order valence-electron chi connectivity index (χ3n) is 17.4. The van der Waals surface area contributed by atoms with Gasteiger partial charge in [0.2, 0.25) is 0 Å². The smallest absolute Gasteiger partial charge is 0.462 e. The average Bonchev–Trinajstić information content (AvgIpc) is 0.898. The molecule has 17 nitrogen and oxygen atoms in total. The van der Waals surface area contributed by atoms with E-state index >= 15 is 0 Å². The number of unbranched alkanes of at least 4 members (excludes halogenated alkanes) is 23. The number of ether oxygens (including phenoxy) is 4. The molecule has 112 heavy (non-hydrogen) atoms. The molecule has 0 saturated carbocycles. The Kier molecular flexibility index (Phi) is 78.8. The van der Waals surface area contributed by atoms with Crippen LogP contribution in [-0.4, -0.2) is 96.7 Å². The maximum Gasteiger partial charge on any atom is 0.472 e. The lowest BCUT2D eigenvalue weighted by Crippen LogP contribution is -2.30. The first-order chi connectivity index (χ1) is 54.7. The Morgan fingerprint density at radius 2 is 0.438 bits per heavy atom. The maximum atomic E-state index is 13.2. The topological polar surface area (TPSA) is 237 Å². The average molecular weight is 1600 g/mol. The normalized spacial score (nSPS) is 14.7. The summed E-state index contributed by atoms with van der Waals surface area (Å²) in [5.41, 5.74) is 0. The quantitative estimate of drug-likeness (QED) is 0.0169. The van der Waals surface area contributed by atoms with Gasteiger partial charge in [0.05, 0.1) is 26.4 Å². The molecule has 0 aromatic carbocycles. The highest BCUT2D eigenvalue weighted by Gasteiger charge is 2.30. The second-order valence-electron chi connectivity index (χ2n) is 27.9. The summed E-state index contributed by atoms with van der Waals surface area (Å²) >= 11 is 0. The number of rotatable bonds is 79. The number of carbonyl (C=O) groups is 4. The Labute approximate surface area is 679 Å². The molecule has 0 aliphatic heterocycles. The Hall–Kier alpha value is -5.84. The summed E-state index contributed by atoms with van der Waals surface area (Å²) in [6, 6.07) is 0. The number of allylic oxidation sites excluding steroid dienone is 30. The van der Waals surface area contributed by atoms with Crippen molar-refractivity contribution in [3.63, 3.8) is 0 Å². The van der Waals surface area contributed by atoms with Crippen LogP contribution in [0.1, 0.15) is 323 Å². The number of carbonyl (C=O) groups excluding carboxylic acids is 4. The van der Waals surface area contributed by atoms with E-state index in [4.69, 9.17) is 37.0 Å². The van der Waals surface area contributed by atoms with Crippen molar-refractivity contribution in [3.05, 3.63) is 182 Å². The van der Waals surface area contributed by atoms with Crippen LogP contribution in [0.25, 0.3) is 0 Å². The molecular formula is C93H152O17P2. The van der Waals surface area contributed by atoms with E-state index in [1.807, 2.05) is 0 Å². The largest absolute Gasteiger partial charge is 0.472 e. The second kappa shape index (κ2) is 83.1. The molecular weight excluding hydrogens is 1450 g/mol. The molecule has 636 valence electrons. The molecule has 0 amide bonds. The summed E-state index contributed by atoms with van der Waals surface area (Å²) in [6.07, 6.45) is 101. The van der Waals surface area contributed by atoms with Gasteiger partial charge < -0.3 is 33.8 Å². The van der Waals surface area contributed by atoms with Gasteiger partial charge in [-0.2, -0.15) is 0 Å². The summed E-state index contributed by atoms with van der Waals surface area (Å²) in [7, 11) is -10.0. The van der Waals surface area contributed by atoms with Crippen molar-refractivity contribution in [3.8, 4) is 0 Å². The fourth-order valence-corrected chi connectivity index (χ4v) is 12.6. The molecule has 0 aliphatic carbocycles. The van der Waals surface area contributed by atoms with Gasteiger partial charge in [-0.3, -0.25) is 37.3 Å². The van der Waals surface area contributed by atoms with Gasteiger partial charge in [-0.05, 0) is 173 Å². The van der Waals surface area contributed by atoms with Gasteiger partial charge >= 0.3 is 39.5 Å². The van der Waals surface area contributed by atoms with Crippen molar-refractivity contribution in [2.45, 2.75) is 341 Å². The van der Waals surface area contributed by atoms with Crippen molar-refractivity contribution < 1.29 is 80.2 Å². The Morgan fingerprint density at radius 3 is 0.670 bits per heavy atom. The molecule has 0 spiro atoms. The van der Waals surface area contributed by atoms with E-state index in [1.54, 1.807) is 0 Å². The van der Waals surface area contributed by atoms with Crippen molar-refractivity contribution in [1.82, 2.24) is 0 Å². The summed E-state index contributed by atoms with van der Waals surface area (Å²) < 4.78 is 68.9. The van der Waals surface area contributed by atoms with Crippen LogP contribution in [-0.2, 0) is 65.4 Å². The lowest BCUT2D eigenvalue weighted by Gasteiger charge is -2.21. The minimum absolute atomic E-state index is 0.0683. The first kappa shape index (κ1) is 106. The van der Waals surface area contributed by atoms with Gasteiger partial charge in [0.1, 0.15) is 19.3 Å². The highest BCUT2D eigenvalue weighted by Crippen LogP contribution is 2.45. The highest BCUT2D eigenvalue weighted by atomic mass is 31.2. The molecule has 5 unspecified atom stereocenters. The third-order valence-corrected chi connectivity index (χ3v) is 19.3. The molecule has 5 atom stereocenters. The summed E-state index contributed by atoms with van der Waals surface area (Å²) in [6.45, 7) is 4.37. The molecule has 0 fully saturated rings. The van der Waals surface area contributed by atoms with Crippen molar-refractivity contribution in [2.24, 2.45) is 0 Å². The summed E-state index contributed by atoms with van der Waals surface area (Å²) in [5.74, 6) is -2.25. The van der Waals surface area contributed by atoms with Gasteiger partial charge in [0.25, 0.3) is 0 Å². The molecule has 0 aromatic heterocycles. The molecule has 0 saturated heterocycles. The van der Waals surface area contributed by atoms with Crippen LogP contribution in [0.4, 0.5) is 0 Å². The number of aliphatic hydroxyl groups is 1. The third kappa shape index (κ3) is 82.2. The monoisotopic (exact) mass is 1600 g/mol. The van der Waals surface area contributed by atoms with E-state index in [0.29, 0.717) is 25.7 Å². The van der Waals surface area contributed by atoms with Gasteiger partial charge in [-0.1, -0.05) is 306 Å². The van der Waals surface area contributed by atoms with Gasteiger partial charge in [0.15, 0.2) is 12.2 Å². The van der Waals surface area contributed by atoms with E-state index in [-0.39, 0.29) is 25.7 Å². The molecule has 0 radical (unpaired) electrons. The predicted octanol–water partition coefficient (Wildman–Crippen LogP) is 25.9. The Morgan fingerprint density at radius 1 is 0.250 bits per heavy atom. The minimum Gasteiger partial charge on any atom is -0.462 e. The van der Waals surface area contributed by atoms with E-state index in [9.17, 15) is 43.2 Å². The first-order valence-corrected chi connectivity index (χ1v) is 46.0. The zero-order valence-electron chi connectivity index (χ0n) is 69.8. The van der Waals surface area contributed by atoms with Crippen LogP contribution in [0.3, 0.4) is 0 Å². The standard InChI is InChI=1S/C93H152O17P2/c1-5-9-13-17-21-25-29-33-37-41-43-47-50-54-58-62-66-70-74-78-91(96)104-84-89(110-93(98)80-76-72-68-64-60-56-52-48-44-42-38-34-30-26-22-18-14-10-6-2)86-108-112(101,102)106-82-87(94)81-105-111(99,100)107-85-88(109-92(97)79-75-71-67-63-59-55-51-46-40-36-32-28-24-20-16-12-8-4)83-103-90(95)77-73-69-65-61-57-53-49-45-39-35-31-27-23-19-15-11-7-3/h9-16,21-28,33-40,43-44,47-49,53,87-89,94H,5-8,17-20,29-32,41-42,45-46,50-52,54-86H2,1-4H3,(H,99,100)(H,101,102)/b13-9-,14-10-,15-11-,16-12-,25-21-,26-22-,27-23-,28-24-,37-33-,38-34-,39-35-,40-36-,47-43-,48-44-,53-49-. The highest BCUT2D eigenvalue weighted by molar-refractivity contribution is 7.47. The number of hydrogen-bond acceptors (Lipinski definition) is 15. The second-order valence-corrected chi connectivity index (χ2v) is 30.9. The van der Waals surface area contributed by atoms with Crippen LogP contribution in [0, 0.1) is 0 Å². The fourth-order valence-electron chi connectivity index (χ4n) is 11.0. The number of esters is 4. The minimum atomic E-state index is -5.00. The predicted molar refractivity (Wildman–Crippen MR) is 463 cm³/mol. The molecule has 0 rings (SSSR count). The van der Waals surface area contributed by atoms with Gasteiger partial charge in [0, 0.05) is 25.7 Å². The molecule has 0 heterocycles. The molecule has 0 aromatic rings. The van der Waals surface area contributed by atoms with E-state index in [0.717, 1.165) is 244 Å². The molecule has 0 bridgehead atoms. The zero-order valence-corrected chi connectivity index (χ0v) is 71.6. The van der Waals surface area contributed by atoms with E-state index in [2.05, 4.69) is 210 Å². The molecule has 0 aliphatic rings. The summed E-state index contributed by atoms with van der Waals surface area (Å²) in [4.78, 5) is 73.4. The Bertz CT molecular complexity index is 2840. The fraction of sp³-hybridized carbons (Fsp3) is 0.634. The summed E-state index contributed by atoms with van der Waals surface area (Å²) in [5, 5.41) is 10.7. The number of hydrogen-bond donors (Lipinski definition) is 3. The number of phosphoric ester groups is 2. The van der Waals surface area contributed by atoms with Crippen LogP contribution >= 0.6 is 15.6 Å². The molecule has 3 N–H and O–H groups in total. The van der Waals surface area contributed by atoms with Crippen LogP contribution in [0.2, 0.25) is 0 Å². The van der Waals surface area contributed by atoms with Crippen LogP contribution < -0.4 is 0 Å². The van der Waals surface area contributed by atoms with Gasteiger partial charge in [-0.25, -0.2) is 9.13 Å². The lowest BCUT2D eigenvalue weighted by molar-refractivity contribution is -0.161. The van der Waals surface area contributed by atoms with Crippen molar-refractivity contribution in [1.29, 1.82) is 0 Å². The van der Waals surface area contributed by atoms with Crippen LogP contribution in [0.15, 0.2) is 182 Å². The Balaban J connectivity index is 5.46. The van der Waals surface area contributed by atoms with E-state index < -0.39 is 97.5 Å². The van der Waals surface area contributed by atoms with Crippen molar-refractivity contribution >= 4 is 39.5 Å². The SMILES string of the molecule is CC/C=C\C/C=C\C/C=C\C/C=C\CCCCCCCCC(=O)OCC(COP(=O)(O)OCC(O)COP(=O)(O)OCC(COC(=O)CCCCCC/C=C\C/C=C\C/C=C\C/C=C\CC)OC(=O)CCCCCCCCC/C=C\C/C=C\C/C=C\CC)OC(=O)CCCCCCCC/C=C\C/C=C\C/C=C\C/C=C\CC. The van der Waals surface area contributed by atoms with Crippen molar-refractivity contribution in [2.75, 3.05) is 39.6 Å². The van der Waals surface area contributed by atoms with Gasteiger partial charge in [-0.15, -0.1) is 0 Å². The first-order valence-electron chi connectivity index (χ1n) is 43.0. The maximum absolute atomic E-state index is 13.2. The van der Waals surface area contributed by atoms with E-state index in [1.165, 1.54) is 0 Å². The van der Waals surface area contributed by atoms with Crippen LogP contribution in [0.5, 0.6) is 0 Å². The zero-order chi connectivity index (χ0) is 81.7.